The first kappa shape index (κ1) is 13.7. The third kappa shape index (κ3) is 3.56. The minimum Gasteiger partial charge on any atom is -0.325 e. The summed E-state index contributed by atoms with van der Waals surface area (Å²) in [5.41, 5.74) is 2.73. The van der Waals surface area contributed by atoms with Crippen LogP contribution in [0.3, 0.4) is 0 Å². The number of hydrogen-bond donors (Lipinski definition) is 2. The monoisotopic (exact) mass is 234 g/mol. The van der Waals surface area contributed by atoms with Gasteiger partial charge in [-0.25, -0.2) is 0 Å². The summed E-state index contributed by atoms with van der Waals surface area (Å²) in [7, 11) is 1.85. The molecule has 0 unspecified atom stereocenters. The van der Waals surface area contributed by atoms with Crippen molar-refractivity contribution in [3.63, 3.8) is 0 Å². The van der Waals surface area contributed by atoms with E-state index in [1.54, 1.807) is 0 Å². The molecule has 1 amide bonds. The lowest BCUT2D eigenvalue weighted by Gasteiger charge is -2.23. The first-order chi connectivity index (χ1) is 7.86. The quantitative estimate of drug-likeness (QED) is 0.840. The lowest BCUT2D eigenvalue weighted by atomic mass is 9.92. The minimum atomic E-state index is -0.412. The molecule has 3 nitrogen and oxygen atoms in total. The van der Waals surface area contributed by atoms with Crippen molar-refractivity contribution in [2.75, 3.05) is 18.9 Å². The second-order valence-electron chi connectivity index (χ2n) is 5.19. The van der Waals surface area contributed by atoms with E-state index >= 15 is 0 Å². The van der Waals surface area contributed by atoms with Crippen molar-refractivity contribution in [3.05, 3.63) is 29.3 Å². The maximum atomic E-state index is 12.1. The van der Waals surface area contributed by atoms with Crippen LogP contribution in [0.5, 0.6) is 0 Å². The Morgan fingerprint density at radius 2 is 1.94 bits per heavy atom. The van der Waals surface area contributed by atoms with E-state index in [2.05, 4.69) is 10.6 Å². The first-order valence-electron chi connectivity index (χ1n) is 5.90. The molecule has 0 aliphatic heterocycles. The number of amides is 1. The van der Waals surface area contributed by atoms with Gasteiger partial charge in [-0.2, -0.15) is 0 Å². The Morgan fingerprint density at radius 1 is 1.29 bits per heavy atom. The van der Waals surface area contributed by atoms with Gasteiger partial charge in [0.2, 0.25) is 5.91 Å². The third-order valence-electron chi connectivity index (χ3n) is 2.87. The zero-order chi connectivity index (χ0) is 13.1. The van der Waals surface area contributed by atoms with E-state index in [0.717, 1.165) is 16.8 Å². The lowest BCUT2D eigenvalue weighted by molar-refractivity contribution is -0.123. The molecule has 0 saturated heterocycles. The first-order valence-corrected chi connectivity index (χ1v) is 5.90. The van der Waals surface area contributed by atoms with Crippen LogP contribution >= 0.6 is 0 Å². The number of benzene rings is 1. The van der Waals surface area contributed by atoms with Gasteiger partial charge in [0.05, 0.1) is 5.41 Å². The summed E-state index contributed by atoms with van der Waals surface area (Å²) in [5, 5.41) is 6.04. The van der Waals surface area contributed by atoms with E-state index in [1.165, 1.54) is 0 Å². The topological polar surface area (TPSA) is 41.1 Å². The van der Waals surface area contributed by atoms with E-state index in [1.807, 2.05) is 52.9 Å². The number of aryl methyl sites for hydroxylation is 2. The molecule has 0 radical (unpaired) electrons. The predicted octanol–water partition coefficient (Wildman–Crippen LogP) is 2.49. The number of anilines is 1. The average Bonchev–Trinajstić information content (AvgIpc) is 2.23. The molecule has 2 N–H and O–H groups in total. The highest BCUT2D eigenvalue weighted by Gasteiger charge is 2.26. The second-order valence-corrected chi connectivity index (χ2v) is 5.19. The number of carbonyl (C=O) groups is 1. The van der Waals surface area contributed by atoms with Crippen molar-refractivity contribution >= 4 is 11.6 Å². The third-order valence-corrected chi connectivity index (χ3v) is 2.87. The standard InChI is InChI=1S/C14H22N2O/c1-10-6-7-11(2)12(8-10)16-13(17)14(3,4)9-15-5/h6-8,15H,9H2,1-5H3,(H,16,17). The van der Waals surface area contributed by atoms with Gasteiger partial charge >= 0.3 is 0 Å². The zero-order valence-corrected chi connectivity index (χ0v) is 11.3. The highest BCUT2D eigenvalue weighted by Crippen LogP contribution is 2.21. The smallest absolute Gasteiger partial charge is 0.231 e. The van der Waals surface area contributed by atoms with Crippen molar-refractivity contribution < 1.29 is 4.79 Å². The molecular weight excluding hydrogens is 212 g/mol. The normalized spacial score (nSPS) is 11.4. The van der Waals surface area contributed by atoms with E-state index < -0.39 is 5.41 Å². The van der Waals surface area contributed by atoms with Crippen LogP contribution in [0.15, 0.2) is 18.2 Å². The van der Waals surface area contributed by atoms with E-state index in [4.69, 9.17) is 0 Å². The lowest BCUT2D eigenvalue weighted by Crippen LogP contribution is -2.38. The summed E-state index contributed by atoms with van der Waals surface area (Å²) < 4.78 is 0. The highest BCUT2D eigenvalue weighted by molar-refractivity contribution is 5.95. The van der Waals surface area contributed by atoms with Crippen LogP contribution in [-0.2, 0) is 4.79 Å². The maximum Gasteiger partial charge on any atom is 0.231 e. The predicted molar refractivity (Wildman–Crippen MR) is 72.3 cm³/mol. The van der Waals surface area contributed by atoms with Crippen LogP contribution in [-0.4, -0.2) is 19.5 Å². The Hall–Kier alpha value is -1.35. The fraction of sp³-hybridized carbons (Fsp3) is 0.500. The number of nitrogens with one attached hydrogen (secondary N) is 2. The Balaban J connectivity index is 2.84. The second kappa shape index (κ2) is 5.32. The van der Waals surface area contributed by atoms with Crippen molar-refractivity contribution in [2.45, 2.75) is 27.7 Å². The van der Waals surface area contributed by atoms with Gasteiger partial charge in [0, 0.05) is 12.2 Å². The Kier molecular flexibility index (Phi) is 4.29. The zero-order valence-electron chi connectivity index (χ0n) is 11.3. The van der Waals surface area contributed by atoms with Gasteiger partial charge in [-0.15, -0.1) is 0 Å². The molecule has 1 rings (SSSR count). The van der Waals surface area contributed by atoms with Gasteiger partial charge in [0.25, 0.3) is 0 Å². The van der Waals surface area contributed by atoms with Crippen LogP contribution in [0.2, 0.25) is 0 Å². The van der Waals surface area contributed by atoms with Crippen molar-refractivity contribution in [1.82, 2.24) is 5.32 Å². The van der Waals surface area contributed by atoms with Gasteiger partial charge in [-0.1, -0.05) is 12.1 Å². The van der Waals surface area contributed by atoms with E-state index in [0.29, 0.717) is 6.54 Å². The molecule has 0 fully saturated rings. The summed E-state index contributed by atoms with van der Waals surface area (Å²) in [5.74, 6) is 0.0422. The fourth-order valence-electron chi connectivity index (χ4n) is 1.68. The van der Waals surface area contributed by atoms with Crippen LogP contribution < -0.4 is 10.6 Å². The Labute approximate surface area is 104 Å². The van der Waals surface area contributed by atoms with Crippen molar-refractivity contribution in [3.8, 4) is 0 Å². The van der Waals surface area contributed by atoms with E-state index in [9.17, 15) is 4.79 Å². The summed E-state index contributed by atoms with van der Waals surface area (Å²) >= 11 is 0. The molecule has 0 aliphatic carbocycles. The van der Waals surface area contributed by atoms with Gasteiger partial charge in [-0.05, 0) is 51.9 Å². The molecule has 0 aliphatic rings. The Morgan fingerprint density at radius 3 is 2.53 bits per heavy atom. The average molecular weight is 234 g/mol. The molecule has 0 saturated carbocycles. The van der Waals surface area contributed by atoms with E-state index in [-0.39, 0.29) is 5.91 Å². The summed E-state index contributed by atoms with van der Waals surface area (Å²) in [4.78, 5) is 12.1. The molecule has 0 spiro atoms. The molecule has 0 aromatic heterocycles. The van der Waals surface area contributed by atoms with Gasteiger partial charge < -0.3 is 10.6 Å². The molecule has 0 heterocycles. The fourth-order valence-corrected chi connectivity index (χ4v) is 1.68. The highest BCUT2D eigenvalue weighted by atomic mass is 16.2. The molecule has 1 aromatic rings. The largest absolute Gasteiger partial charge is 0.325 e. The number of carbonyl (C=O) groups excluding carboxylic acids is 1. The Bertz CT molecular complexity index is 411. The van der Waals surface area contributed by atoms with Gasteiger partial charge in [0.15, 0.2) is 0 Å². The molecule has 0 atom stereocenters. The van der Waals surface area contributed by atoms with Crippen molar-refractivity contribution in [1.29, 1.82) is 0 Å². The molecule has 17 heavy (non-hydrogen) atoms. The molecule has 3 heteroatoms. The van der Waals surface area contributed by atoms with Crippen LogP contribution in [0.1, 0.15) is 25.0 Å². The van der Waals surface area contributed by atoms with Gasteiger partial charge in [0.1, 0.15) is 0 Å². The van der Waals surface area contributed by atoms with Crippen LogP contribution in [0.4, 0.5) is 5.69 Å². The van der Waals surface area contributed by atoms with Crippen LogP contribution in [0.25, 0.3) is 0 Å². The molecule has 0 bridgehead atoms. The number of rotatable bonds is 4. The SMILES string of the molecule is CNCC(C)(C)C(=O)Nc1cc(C)ccc1C. The summed E-state index contributed by atoms with van der Waals surface area (Å²) in [6.07, 6.45) is 0. The number of hydrogen-bond acceptors (Lipinski definition) is 2. The minimum absolute atomic E-state index is 0.0422. The van der Waals surface area contributed by atoms with Crippen molar-refractivity contribution in [2.24, 2.45) is 5.41 Å². The summed E-state index contributed by atoms with van der Waals surface area (Å²) in [6, 6.07) is 6.07. The summed E-state index contributed by atoms with van der Waals surface area (Å²) in [6.45, 7) is 8.55. The molecule has 1 aromatic carbocycles. The maximum absolute atomic E-state index is 12.1. The van der Waals surface area contributed by atoms with Crippen LogP contribution in [0, 0.1) is 19.3 Å². The molecule has 94 valence electrons. The van der Waals surface area contributed by atoms with Gasteiger partial charge in [-0.3, -0.25) is 4.79 Å². The molecular formula is C14H22N2O.